The van der Waals surface area contributed by atoms with Crippen LogP contribution in [0.2, 0.25) is 0 Å². The molecule has 0 atom stereocenters. The zero-order chi connectivity index (χ0) is 14.2. The average molecular weight is 268 g/mol. The van der Waals surface area contributed by atoms with Crippen LogP contribution in [0.3, 0.4) is 0 Å². The molecule has 2 rings (SSSR count). The summed E-state index contributed by atoms with van der Waals surface area (Å²) < 4.78 is 5.69. The van der Waals surface area contributed by atoms with Gasteiger partial charge in [0.1, 0.15) is 11.5 Å². The largest absolute Gasteiger partial charge is 0.508 e. The highest BCUT2D eigenvalue weighted by molar-refractivity contribution is 5.70. The van der Waals surface area contributed by atoms with Gasteiger partial charge in [0.25, 0.3) is 0 Å². The highest BCUT2D eigenvalue weighted by atomic mass is 16.5. The van der Waals surface area contributed by atoms with Gasteiger partial charge in [-0.3, -0.25) is 0 Å². The Kier molecular flexibility index (Phi) is 5.24. The molecule has 0 unspecified atom stereocenters. The molecule has 2 nitrogen and oxygen atoms in total. The van der Waals surface area contributed by atoms with Crippen molar-refractivity contribution >= 4 is 12.2 Å². The van der Waals surface area contributed by atoms with E-state index in [-0.39, 0.29) is 5.75 Å². The van der Waals surface area contributed by atoms with E-state index in [0.717, 1.165) is 36.3 Å². The minimum atomic E-state index is 0.286. The first kappa shape index (κ1) is 14.2. The molecular formula is C18H20O2. The molecule has 0 aliphatic carbocycles. The molecular weight excluding hydrogens is 248 g/mol. The molecule has 0 saturated carbocycles. The fourth-order valence-corrected chi connectivity index (χ4v) is 1.82. The quantitative estimate of drug-likeness (QED) is 0.605. The van der Waals surface area contributed by atoms with E-state index in [1.807, 2.05) is 48.6 Å². The van der Waals surface area contributed by atoms with Gasteiger partial charge in [-0.1, -0.05) is 49.8 Å². The third-order valence-electron chi connectivity index (χ3n) is 2.99. The van der Waals surface area contributed by atoms with E-state index in [2.05, 4.69) is 6.92 Å². The lowest BCUT2D eigenvalue weighted by molar-refractivity contribution is 0.309. The van der Waals surface area contributed by atoms with Crippen molar-refractivity contribution in [2.45, 2.75) is 19.8 Å². The first-order valence-corrected chi connectivity index (χ1v) is 6.98. The maximum atomic E-state index is 9.24. The summed E-state index contributed by atoms with van der Waals surface area (Å²) in [7, 11) is 0. The van der Waals surface area contributed by atoms with Gasteiger partial charge in [-0.2, -0.15) is 0 Å². The summed E-state index contributed by atoms with van der Waals surface area (Å²) in [5.74, 6) is 1.19. The molecule has 2 heteroatoms. The predicted octanol–water partition coefficient (Wildman–Crippen LogP) is 4.74. The van der Waals surface area contributed by atoms with Gasteiger partial charge in [-0.15, -0.1) is 0 Å². The van der Waals surface area contributed by atoms with E-state index >= 15 is 0 Å². The number of benzene rings is 2. The molecule has 0 amide bonds. The molecule has 20 heavy (non-hydrogen) atoms. The van der Waals surface area contributed by atoms with Crippen molar-refractivity contribution in [1.82, 2.24) is 0 Å². The lowest BCUT2D eigenvalue weighted by Crippen LogP contribution is -1.96. The van der Waals surface area contributed by atoms with Crippen LogP contribution in [-0.4, -0.2) is 11.7 Å². The summed E-state index contributed by atoms with van der Waals surface area (Å²) in [6, 6.07) is 15.2. The van der Waals surface area contributed by atoms with Gasteiger partial charge in [-0.25, -0.2) is 0 Å². The second-order valence-electron chi connectivity index (χ2n) is 4.70. The Morgan fingerprint density at radius 1 is 1.00 bits per heavy atom. The van der Waals surface area contributed by atoms with Crippen LogP contribution in [0, 0.1) is 0 Å². The molecule has 0 spiro atoms. The van der Waals surface area contributed by atoms with Crippen LogP contribution >= 0.6 is 0 Å². The van der Waals surface area contributed by atoms with Gasteiger partial charge < -0.3 is 9.84 Å². The zero-order valence-corrected chi connectivity index (χ0v) is 11.8. The highest BCUT2D eigenvalue weighted by Gasteiger charge is 1.95. The van der Waals surface area contributed by atoms with E-state index in [9.17, 15) is 5.11 Å². The van der Waals surface area contributed by atoms with E-state index in [1.54, 1.807) is 12.1 Å². The summed E-state index contributed by atoms with van der Waals surface area (Å²) in [6.45, 7) is 2.92. The maximum Gasteiger partial charge on any atom is 0.119 e. The SMILES string of the molecule is CCCCOc1cccc(/C=C/c2ccc(O)cc2)c1. The number of hydrogen-bond donors (Lipinski definition) is 1. The van der Waals surface area contributed by atoms with Gasteiger partial charge in [-0.05, 0) is 41.8 Å². The summed E-state index contributed by atoms with van der Waals surface area (Å²) in [6.07, 6.45) is 6.28. The normalized spacial score (nSPS) is 10.8. The molecule has 0 aliphatic rings. The van der Waals surface area contributed by atoms with E-state index < -0.39 is 0 Å². The third kappa shape index (κ3) is 4.47. The van der Waals surface area contributed by atoms with E-state index in [1.165, 1.54) is 0 Å². The molecule has 0 bridgehead atoms. The van der Waals surface area contributed by atoms with Crippen LogP contribution in [0.4, 0.5) is 0 Å². The first-order valence-electron chi connectivity index (χ1n) is 6.98. The molecule has 104 valence electrons. The Morgan fingerprint density at radius 3 is 2.50 bits per heavy atom. The van der Waals surface area contributed by atoms with E-state index in [4.69, 9.17) is 4.74 Å². The van der Waals surface area contributed by atoms with Crippen molar-refractivity contribution in [3.63, 3.8) is 0 Å². The number of rotatable bonds is 6. The van der Waals surface area contributed by atoms with Gasteiger partial charge >= 0.3 is 0 Å². The lowest BCUT2D eigenvalue weighted by Gasteiger charge is -2.05. The Hall–Kier alpha value is -2.22. The summed E-state index contributed by atoms with van der Waals surface area (Å²) in [5.41, 5.74) is 2.16. The zero-order valence-electron chi connectivity index (χ0n) is 11.8. The van der Waals surface area contributed by atoms with Crippen molar-refractivity contribution < 1.29 is 9.84 Å². The van der Waals surface area contributed by atoms with Crippen molar-refractivity contribution in [3.05, 3.63) is 59.7 Å². The van der Waals surface area contributed by atoms with Crippen molar-refractivity contribution in [3.8, 4) is 11.5 Å². The van der Waals surface area contributed by atoms with Crippen molar-refractivity contribution in [2.24, 2.45) is 0 Å². The molecule has 2 aromatic carbocycles. The van der Waals surface area contributed by atoms with Crippen LogP contribution in [0.15, 0.2) is 48.5 Å². The summed E-state index contributed by atoms with van der Waals surface area (Å²) in [4.78, 5) is 0. The van der Waals surface area contributed by atoms with Gasteiger partial charge in [0.05, 0.1) is 6.61 Å². The van der Waals surface area contributed by atoms with Gasteiger partial charge in [0.15, 0.2) is 0 Å². The lowest BCUT2D eigenvalue weighted by atomic mass is 10.1. The molecule has 0 fully saturated rings. The van der Waals surface area contributed by atoms with Crippen LogP contribution in [0.5, 0.6) is 11.5 Å². The number of ether oxygens (including phenoxy) is 1. The second-order valence-corrected chi connectivity index (χ2v) is 4.70. The minimum Gasteiger partial charge on any atom is -0.508 e. The second kappa shape index (κ2) is 7.39. The van der Waals surface area contributed by atoms with Crippen LogP contribution in [0.25, 0.3) is 12.2 Å². The first-order chi connectivity index (χ1) is 9.78. The van der Waals surface area contributed by atoms with Crippen LogP contribution in [-0.2, 0) is 0 Å². The Bertz CT molecular complexity index is 556. The number of phenolic OH excluding ortho intramolecular Hbond substituents is 1. The third-order valence-corrected chi connectivity index (χ3v) is 2.99. The fourth-order valence-electron chi connectivity index (χ4n) is 1.82. The number of hydrogen-bond acceptors (Lipinski definition) is 2. The molecule has 2 aromatic rings. The smallest absolute Gasteiger partial charge is 0.119 e. The minimum absolute atomic E-state index is 0.286. The fraction of sp³-hybridized carbons (Fsp3) is 0.222. The maximum absolute atomic E-state index is 9.24. The van der Waals surface area contributed by atoms with Gasteiger partial charge in [0.2, 0.25) is 0 Å². The highest BCUT2D eigenvalue weighted by Crippen LogP contribution is 2.17. The number of unbranched alkanes of at least 4 members (excludes halogenated alkanes) is 1. The average Bonchev–Trinajstić information content (AvgIpc) is 2.47. The molecule has 1 N–H and O–H groups in total. The number of phenols is 1. The Labute approximate surface area is 120 Å². The Balaban J connectivity index is 2.01. The van der Waals surface area contributed by atoms with Crippen LogP contribution in [0.1, 0.15) is 30.9 Å². The van der Waals surface area contributed by atoms with Crippen molar-refractivity contribution in [1.29, 1.82) is 0 Å². The van der Waals surface area contributed by atoms with Crippen LogP contribution < -0.4 is 4.74 Å². The molecule has 0 saturated heterocycles. The topological polar surface area (TPSA) is 29.5 Å². The van der Waals surface area contributed by atoms with Gasteiger partial charge in [0, 0.05) is 0 Å². The number of aromatic hydroxyl groups is 1. The molecule has 0 heterocycles. The predicted molar refractivity (Wildman–Crippen MR) is 83.9 cm³/mol. The standard InChI is InChI=1S/C18H20O2/c1-2-3-13-20-18-6-4-5-16(14-18)8-7-15-9-11-17(19)12-10-15/h4-12,14,19H,2-3,13H2,1H3/b8-7+. The molecule has 0 radical (unpaired) electrons. The summed E-state index contributed by atoms with van der Waals surface area (Å²) >= 11 is 0. The Morgan fingerprint density at radius 2 is 1.75 bits per heavy atom. The van der Waals surface area contributed by atoms with Crippen molar-refractivity contribution in [2.75, 3.05) is 6.61 Å². The van der Waals surface area contributed by atoms with E-state index in [0.29, 0.717) is 0 Å². The monoisotopic (exact) mass is 268 g/mol. The summed E-state index contributed by atoms with van der Waals surface area (Å²) in [5, 5.41) is 9.24. The molecule has 0 aliphatic heterocycles. The molecule has 0 aromatic heterocycles.